The molecular formula is C22H21N5O2S2. The lowest BCUT2D eigenvalue weighted by Crippen LogP contribution is -2.14. The summed E-state index contributed by atoms with van der Waals surface area (Å²) in [6, 6.07) is 19.5. The molecule has 0 spiro atoms. The van der Waals surface area contributed by atoms with Crippen LogP contribution in [0.5, 0.6) is 5.75 Å². The van der Waals surface area contributed by atoms with E-state index in [-0.39, 0.29) is 11.7 Å². The van der Waals surface area contributed by atoms with Crippen LogP contribution >= 0.6 is 23.1 Å². The number of nitrogens with zero attached hydrogens (tertiary/aromatic N) is 4. The van der Waals surface area contributed by atoms with Gasteiger partial charge in [0.05, 0.1) is 11.4 Å². The van der Waals surface area contributed by atoms with Gasteiger partial charge in [0.25, 0.3) is 0 Å². The summed E-state index contributed by atoms with van der Waals surface area (Å²) in [5, 5.41) is 12.5. The predicted octanol–water partition coefficient (Wildman–Crippen LogP) is 4.56. The summed E-state index contributed by atoms with van der Waals surface area (Å²) < 4.78 is 7.56. The Morgan fingerprint density at radius 2 is 1.81 bits per heavy atom. The van der Waals surface area contributed by atoms with Gasteiger partial charge in [-0.1, -0.05) is 60.3 Å². The summed E-state index contributed by atoms with van der Waals surface area (Å²) in [6.45, 7) is 2.31. The van der Waals surface area contributed by atoms with Gasteiger partial charge in [0.15, 0.2) is 16.1 Å². The highest BCUT2D eigenvalue weighted by Crippen LogP contribution is 2.30. The summed E-state index contributed by atoms with van der Waals surface area (Å²) >= 11 is 2.79. The lowest BCUT2D eigenvalue weighted by Gasteiger charge is -2.06. The Labute approximate surface area is 188 Å². The van der Waals surface area contributed by atoms with Crippen molar-refractivity contribution in [3.05, 3.63) is 71.4 Å². The monoisotopic (exact) mass is 451 g/mol. The second-order valence-corrected chi connectivity index (χ2v) is 8.83. The molecule has 2 aromatic heterocycles. The molecule has 4 rings (SSSR count). The number of aryl methyl sites for hydroxylation is 1. The lowest BCUT2D eigenvalue weighted by molar-refractivity contribution is -0.113. The summed E-state index contributed by atoms with van der Waals surface area (Å²) in [7, 11) is 1.86. The number of carbonyl (C=O) groups is 1. The molecular weight excluding hydrogens is 430 g/mol. The first-order chi connectivity index (χ1) is 15.1. The topological polar surface area (TPSA) is 81.9 Å². The van der Waals surface area contributed by atoms with Gasteiger partial charge in [0.1, 0.15) is 12.4 Å². The molecule has 0 atom stereocenters. The van der Waals surface area contributed by atoms with E-state index in [1.54, 1.807) is 0 Å². The average molecular weight is 452 g/mol. The fourth-order valence-corrected chi connectivity index (χ4v) is 4.44. The van der Waals surface area contributed by atoms with Gasteiger partial charge >= 0.3 is 0 Å². The van der Waals surface area contributed by atoms with Crippen molar-refractivity contribution >= 4 is 34.1 Å². The van der Waals surface area contributed by atoms with E-state index in [9.17, 15) is 4.79 Å². The predicted molar refractivity (Wildman–Crippen MR) is 123 cm³/mol. The highest BCUT2D eigenvalue weighted by molar-refractivity contribution is 7.99. The Morgan fingerprint density at radius 3 is 2.55 bits per heavy atom. The molecule has 4 aromatic rings. The van der Waals surface area contributed by atoms with Crippen LogP contribution in [0.25, 0.3) is 11.3 Å². The number of rotatable bonds is 8. The molecule has 0 aliphatic heterocycles. The van der Waals surface area contributed by atoms with Crippen molar-refractivity contribution in [1.82, 2.24) is 19.7 Å². The average Bonchev–Trinajstić information content (AvgIpc) is 3.33. The van der Waals surface area contributed by atoms with Crippen LogP contribution in [-0.4, -0.2) is 31.4 Å². The minimum Gasteiger partial charge on any atom is -0.486 e. The van der Waals surface area contributed by atoms with Crippen molar-refractivity contribution in [2.24, 2.45) is 7.05 Å². The van der Waals surface area contributed by atoms with E-state index in [4.69, 9.17) is 4.74 Å². The van der Waals surface area contributed by atoms with E-state index in [1.165, 1.54) is 23.1 Å². The van der Waals surface area contributed by atoms with Crippen LogP contribution in [0.2, 0.25) is 0 Å². The summed E-state index contributed by atoms with van der Waals surface area (Å²) in [5.74, 6) is 1.54. The lowest BCUT2D eigenvalue weighted by atomic mass is 10.1. The molecule has 2 aromatic carbocycles. The summed E-state index contributed by atoms with van der Waals surface area (Å²) in [6.07, 6.45) is 0. The number of nitrogens with one attached hydrogen (secondary N) is 1. The van der Waals surface area contributed by atoms with E-state index < -0.39 is 0 Å². The number of carbonyl (C=O) groups excluding carboxylic acids is 1. The molecule has 158 valence electrons. The van der Waals surface area contributed by atoms with Crippen LogP contribution < -0.4 is 10.1 Å². The number of thioether (sulfide) groups is 1. The maximum atomic E-state index is 12.4. The Balaban J connectivity index is 1.32. The summed E-state index contributed by atoms with van der Waals surface area (Å²) in [5.41, 5.74) is 1.93. The van der Waals surface area contributed by atoms with Crippen LogP contribution in [0, 0.1) is 6.92 Å². The fraction of sp³-hybridized carbons (Fsp3) is 0.182. The number of hydrogen-bond donors (Lipinski definition) is 1. The molecule has 1 N–H and O–H groups in total. The van der Waals surface area contributed by atoms with Crippen molar-refractivity contribution in [3.8, 4) is 17.0 Å². The molecule has 0 aliphatic carbocycles. The third-order valence-electron chi connectivity index (χ3n) is 4.46. The van der Waals surface area contributed by atoms with E-state index in [2.05, 4.69) is 20.5 Å². The molecule has 0 radical (unpaired) electrons. The van der Waals surface area contributed by atoms with Gasteiger partial charge in [-0.15, -0.1) is 21.5 Å². The summed E-state index contributed by atoms with van der Waals surface area (Å²) in [4.78, 5) is 18.1. The quantitative estimate of drug-likeness (QED) is 0.396. The van der Waals surface area contributed by atoms with Gasteiger partial charge in [-0.05, 0) is 19.1 Å². The number of thiazole rings is 1. The zero-order valence-electron chi connectivity index (χ0n) is 17.1. The molecule has 2 heterocycles. The van der Waals surface area contributed by atoms with E-state index in [1.807, 2.05) is 79.2 Å². The zero-order valence-corrected chi connectivity index (χ0v) is 18.7. The molecule has 0 fully saturated rings. The highest BCUT2D eigenvalue weighted by atomic mass is 32.2. The second kappa shape index (κ2) is 9.76. The molecule has 0 saturated carbocycles. The SMILES string of the molecule is Cc1sc(NC(=O)CSc2nnc(COc3ccccc3)n2C)nc1-c1ccccc1. The first-order valence-electron chi connectivity index (χ1n) is 9.62. The molecule has 0 aliphatic rings. The van der Waals surface area contributed by atoms with Gasteiger partial charge < -0.3 is 14.6 Å². The Morgan fingerprint density at radius 1 is 1.10 bits per heavy atom. The number of ether oxygens (including phenoxy) is 1. The molecule has 0 bridgehead atoms. The molecule has 1 amide bonds. The van der Waals surface area contributed by atoms with Crippen LogP contribution in [0.15, 0.2) is 65.8 Å². The molecule has 0 saturated heterocycles. The van der Waals surface area contributed by atoms with Crippen molar-refractivity contribution in [2.45, 2.75) is 18.7 Å². The number of anilines is 1. The second-order valence-electron chi connectivity index (χ2n) is 6.69. The van der Waals surface area contributed by atoms with Crippen molar-refractivity contribution in [1.29, 1.82) is 0 Å². The first kappa shape index (κ1) is 21.1. The maximum absolute atomic E-state index is 12.4. The van der Waals surface area contributed by atoms with E-state index in [0.717, 1.165) is 21.9 Å². The van der Waals surface area contributed by atoms with Crippen LogP contribution in [-0.2, 0) is 18.4 Å². The van der Waals surface area contributed by atoms with E-state index >= 15 is 0 Å². The largest absolute Gasteiger partial charge is 0.486 e. The third-order valence-corrected chi connectivity index (χ3v) is 6.37. The maximum Gasteiger partial charge on any atom is 0.236 e. The smallest absolute Gasteiger partial charge is 0.236 e. The van der Waals surface area contributed by atoms with Crippen LogP contribution in [0.4, 0.5) is 5.13 Å². The van der Waals surface area contributed by atoms with Crippen molar-refractivity contribution < 1.29 is 9.53 Å². The zero-order chi connectivity index (χ0) is 21.6. The normalized spacial score (nSPS) is 10.8. The van der Waals surface area contributed by atoms with Crippen LogP contribution in [0.3, 0.4) is 0 Å². The molecule has 31 heavy (non-hydrogen) atoms. The molecule has 7 nitrogen and oxygen atoms in total. The highest BCUT2D eigenvalue weighted by Gasteiger charge is 2.15. The minimum atomic E-state index is -0.136. The van der Waals surface area contributed by atoms with Crippen molar-refractivity contribution in [2.75, 3.05) is 11.1 Å². The Kier molecular flexibility index (Phi) is 6.63. The van der Waals surface area contributed by atoms with Gasteiger partial charge in [0.2, 0.25) is 5.91 Å². The first-order valence-corrected chi connectivity index (χ1v) is 11.4. The van der Waals surface area contributed by atoms with E-state index in [0.29, 0.717) is 22.7 Å². The molecule has 9 heteroatoms. The number of hydrogen-bond acceptors (Lipinski definition) is 7. The number of aromatic nitrogens is 4. The van der Waals surface area contributed by atoms with Gasteiger partial charge in [-0.3, -0.25) is 4.79 Å². The van der Waals surface area contributed by atoms with Gasteiger partial charge in [-0.2, -0.15) is 0 Å². The van der Waals surface area contributed by atoms with Crippen LogP contribution in [0.1, 0.15) is 10.7 Å². The van der Waals surface area contributed by atoms with Gasteiger partial charge in [-0.25, -0.2) is 4.98 Å². The van der Waals surface area contributed by atoms with Gasteiger partial charge in [0, 0.05) is 17.5 Å². The third kappa shape index (κ3) is 5.31. The standard InChI is InChI=1S/C22H21N5O2S2/c1-15-20(16-9-5-3-6-10-16)24-21(31-15)23-19(28)14-30-22-26-25-18(27(22)2)13-29-17-11-7-4-8-12-17/h3-12H,13-14H2,1-2H3,(H,23,24,28). The number of para-hydroxylation sites is 1. The number of amides is 1. The Bertz CT molecular complexity index is 1160. The van der Waals surface area contributed by atoms with Crippen molar-refractivity contribution in [3.63, 3.8) is 0 Å². The molecule has 0 unspecified atom stereocenters. The minimum absolute atomic E-state index is 0.136. The fourth-order valence-electron chi connectivity index (χ4n) is 2.86. The number of benzene rings is 2. The Hall–Kier alpha value is -3.17.